The van der Waals surface area contributed by atoms with Crippen molar-refractivity contribution in [2.24, 2.45) is 0 Å². The second-order valence-corrected chi connectivity index (χ2v) is 4.29. The molecule has 2 N–H and O–H groups in total. The Balaban J connectivity index is 1.87. The van der Waals surface area contributed by atoms with Crippen LogP contribution in [0.5, 0.6) is 5.75 Å². The van der Waals surface area contributed by atoms with E-state index in [1.54, 1.807) is 6.07 Å². The molecule has 0 aliphatic carbocycles. The third-order valence-corrected chi connectivity index (χ3v) is 2.52. The summed E-state index contributed by atoms with van der Waals surface area (Å²) in [6.45, 7) is 3.70. The number of nitrogens with two attached hydrogens (primary N) is 1. The van der Waals surface area contributed by atoms with Crippen LogP contribution in [0.1, 0.15) is 0 Å². The van der Waals surface area contributed by atoms with Gasteiger partial charge < -0.3 is 24.7 Å². The van der Waals surface area contributed by atoms with Crippen LogP contribution in [-0.2, 0) is 14.2 Å². The highest BCUT2D eigenvalue weighted by molar-refractivity contribution is 6.17. The molecule has 0 radical (unpaired) electrons. The van der Waals surface area contributed by atoms with Gasteiger partial charge in [-0.2, -0.15) is 0 Å². The van der Waals surface area contributed by atoms with Gasteiger partial charge in [-0.25, -0.2) is 0 Å². The predicted molar refractivity (Wildman–Crippen MR) is 79.5 cm³/mol. The minimum atomic E-state index is 0.465. The largest absolute Gasteiger partial charge is 0.489 e. The number of rotatable bonds is 12. The number of hydrogen-bond acceptors (Lipinski definition) is 5. The van der Waals surface area contributed by atoms with E-state index >= 15 is 0 Å². The van der Waals surface area contributed by atoms with Crippen molar-refractivity contribution < 1.29 is 18.9 Å². The normalized spacial score (nSPS) is 10.7. The van der Waals surface area contributed by atoms with Crippen LogP contribution in [0.4, 0.5) is 5.69 Å². The molecule has 0 atom stereocenters. The molecule has 1 aromatic carbocycles. The van der Waals surface area contributed by atoms with E-state index in [4.69, 9.17) is 36.3 Å². The molecule has 1 aromatic rings. The topological polar surface area (TPSA) is 62.9 Å². The molecule has 1 rings (SSSR count). The average Bonchev–Trinajstić information content (AvgIpc) is 2.46. The Hall–Kier alpha value is -1.01. The quantitative estimate of drug-likeness (QED) is 0.363. The second-order valence-electron chi connectivity index (χ2n) is 3.91. The number of anilines is 1. The SMILES string of the molecule is Nc1ccccc1OCCOCCOCCOCCCl. The van der Waals surface area contributed by atoms with E-state index in [1.165, 1.54) is 0 Å². The molecule has 0 bridgehead atoms. The van der Waals surface area contributed by atoms with Crippen LogP contribution in [0, 0.1) is 0 Å². The van der Waals surface area contributed by atoms with Crippen LogP contribution in [-0.4, -0.2) is 52.1 Å². The minimum absolute atomic E-state index is 0.465. The fraction of sp³-hybridized carbons (Fsp3) is 0.571. The summed E-state index contributed by atoms with van der Waals surface area (Å²) in [5, 5.41) is 0. The van der Waals surface area contributed by atoms with E-state index in [0.29, 0.717) is 63.6 Å². The highest BCUT2D eigenvalue weighted by Crippen LogP contribution is 2.19. The number of hydrogen-bond donors (Lipinski definition) is 1. The number of nitrogen functional groups attached to an aromatic ring is 1. The highest BCUT2D eigenvalue weighted by Gasteiger charge is 1.98. The standard InChI is InChI=1S/C14H22ClNO4/c15-5-6-17-7-8-18-9-10-19-11-12-20-14-4-2-1-3-13(14)16/h1-4H,5-12,16H2. The molecular weight excluding hydrogens is 282 g/mol. The van der Waals surface area contributed by atoms with Crippen molar-refractivity contribution >= 4 is 17.3 Å². The second kappa shape index (κ2) is 11.8. The van der Waals surface area contributed by atoms with Crippen LogP contribution < -0.4 is 10.5 Å². The van der Waals surface area contributed by atoms with Crippen LogP contribution in [0.25, 0.3) is 0 Å². The summed E-state index contributed by atoms with van der Waals surface area (Å²) in [4.78, 5) is 0. The Morgan fingerprint density at radius 1 is 0.800 bits per heavy atom. The maximum atomic E-state index is 5.75. The van der Waals surface area contributed by atoms with Crippen LogP contribution in [0.3, 0.4) is 0 Å². The fourth-order valence-electron chi connectivity index (χ4n) is 1.42. The van der Waals surface area contributed by atoms with E-state index in [2.05, 4.69) is 0 Å². The maximum Gasteiger partial charge on any atom is 0.142 e. The summed E-state index contributed by atoms with van der Waals surface area (Å²) >= 11 is 5.46. The smallest absolute Gasteiger partial charge is 0.142 e. The average molecular weight is 304 g/mol. The third-order valence-electron chi connectivity index (χ3n) is 2.37. The highest BCUT2D eigenvalue weighted by atomic mass is 35.5. The summed E-state index contributed by atoms with van der Waals surface area (Å²) in [5.41, 5.74) is 6.38. The lowest BCUT2D eigenvalue weighted by atomic mass is 10.3. The van der Waals surface area contributed by atoms with Crippen molar-refractivity contribution in [1.29, 1.82) is 0 Å². The molecule has 0 aliphatic heterocycles. The van der Waals surface area contributed by atoms with Crippen LogP contribution >= 0.6 is 11.6 Å². The Labute approximate surface area is 124 Å². The van der Waals surface area contributed by atoms with Crippen molar-refractivity contribution in [3.05, 3.63) is 24.3 Å². The zero-order chi connectivity index (χ0) is 14.5. The van der Waals surface area contributed by atoms with Crippen LogP contribution in [0.15, 0.2) is 24.3 Å². The monoisotopic (exact) mass is 303 g/mol. The maximum absolute atomic E-state index is 5.75. The van der Waals surface area contributed by atoms with E-state index in [0.717, 1.165) is 0 Å². The Morgan fingerprint density at radius 3 is 1.95 bits per heavy atom. The van der Waals surface area contributed by atoms with Crippen molar-refractivity contribution in [3.8, 4) is 5.75 Å². The first-order valence-corrected chi connectivity index (χ1v) is 7.14. The molecule has 0 spiro atoms. The molecule has 5 nitrogen and oxygen atoms in total. The molecule has 114 valence electrons. The summed E-state index contributed by atoms with van der Waals surface area (Å²) in [6, 6.07) is 7.38. The lowest BCUT2D eigenvalue weighted by Crippen LogP contribution is -2.13. The van der Waals surface area contributed by atoms with Gasteiger partial charge in [0.2, 0.25) is 0 Å². The lowest BCUT2D eigenvalue weighted by molar-refractivity contribution is 0.0117. The molecule has 0 aliphatic rings. The summed E-state index contributed by atoms with van der Waals surface area (Å²) in [7, 11) is 0. The van der Waals surface area contributed by atoms with Gasteiger partial charge in [-0.05, 0) is 12.1 Å². The molecule has 20 heavy (non-hydrogen) atoms. The molecule has 0 heterocycles. The van der Waals surface area contributed by atoms with Crippen molar-refractivity contribution in [2.75, 3.05) is 57.9 Å². The van der Waals surface area contributed by atoms with Crippen molar-refractivity contribution in [3.63, 3.8) is 0 Å². The molecule has 0 fully saturated rings. The van der Waals surface area contributed by atoms with Crippen LogP contribution in [0.2, 0.25) is 0 Å². The number of para-hydroxylation sites is 2. The molecular formula is C14H22ClNO4. The van der Waals surface area contributed by atoms with Gasteiger partial charge in [0, 0.05) is 5.88 Å². The van der Waals surface area contributed by atoms with Gasteiger partial charge in [-0.15, -0.1) is 11.6 Å². The minimum Gasteiger partial charge on any atom is -0.489 e. The fourth-order valence-corrected chi connectivity index (χ4v) is 1.53. The molecule has 0 unspecified atom stereocenters. The first kappa shape index (κ1) is 17.0. The van der Waals surface area contributed by atoms with Crippen molar-refractivity contribution in [1.82, 2.24) is 0 Å². The van der Waals surface area contributed by atoms with Gasteiger partial charge in [0.1, 0.15) is 12.4 Å². The molecule has 6 heteroatoms. The van der Waals surface area contributed by atoms with Gasteiger partial charge in [0.05, 0.1) is 45.3 Å². The number of ether oxygens (including phenoxy) is 4. The number of benzene rings is 1. The van der Waals surface area contributed by atoms with E-state index in [9.17, 15) is 0 Å². The third kappa shape index (κ3) is 8.22. The molecule has 0 aromatic heterocycles. The lowest BCUT2D eigenvalue weighted by Gasteiger charge is -2.09. The predicted octanol–water partition coefficient (Wildman–Crippen LogP) is 1.94. The zero-order valence-corrected chi connectivity index (χ0v) is 12.3. The van der Waals surface area contributed by atoms with Gasteiger partial charge >= 0.3 is 0 Å². The first-order chi connectivity index (χ1) is 9.84. The summed E-state index contributed by atoms with van der Waals surface area (Å²) in [5.74, 6) is 1.19. The van der Waals surface area contributed by atoms with Gasteiger partial charge in [-0.3, -0.25) is 0 Å². The van der Waals surface area contributed by atoms with Gasteiger partial charge in [0.15, 0.2) is 0 Å². The molecule has 0 amide bonds. The Morgan fingerprint density at radius 2 is 1.35 bits per heavy atom. The number of halogens is 1. The van der Waals surface area contributed by atoms with E-state index < -0.39 is 0 Å². The summed E-state index contributed by atoms with van der Waals surface area (Å²) in [6.07, 6.45) is 0. The molecule has 0 saturated carbocycles. The zero-order valence-electron chi connectivity index (χ0n) is 11.6. The van der Waals surface area contributed by atoms with Crippen molar-refractivity contribution in [2.45, 2.75) is 0 Å². The summed E-state index contributed by atoms with van der Waals surface area (Å²) < 4.78 is 21.3. The van der Waals surface area contributed by atoms with Gasteiger partial charge in [0.25, 0.3) is 0 Å². The van der Waals surface area contributed by atoms with E-state index in [1.807, 2.05) is 18.2 Å². The van der Waals surface area contributed by atoms with Gasteiger partial charge in [-0.1, -0.05) is 12.1 Å². The molecule has 0 saturated heterocycles. The first-order valence-electron chi connectivity index (χ1n) is 6.61. The number of alkyl halides is 1. The Bertz CT molecular complexity index is 352. The van der Waals surface area contributed by atoms with E-state index in [-0.39, 0.29) is 0 Å². The Kier molecular flexibility index (Phi) is 10.0.